The fraction of sp³-hybridized carbons (Fsp3) is 0.545. The Morgan fingerprint density at radius 3 is 2.83 bits per heavy atom. The molecule has 1 aliphatic rings. The minimum Gasteiger partial charge on any atom is -0.394 e. The molecule has 1 aromatic rings. The van der Waals surface area contributed by atoms with Crippen molar-refractivity contribution in [2.24, 2.45) is 0 Å². The maximum absolute atomic E-state index is 12.9. The van der Waals surface area contributed by atoms with Gasteiger partial charge in [-0.05, 0) is 12.1 Å². The number of rotatable bonds is 3. The number of aliphatic hydroxyl groups excluding tert-OH is 3. The highest BCUT2D eigenvalue weighted by Gasteiger charge is 2.38. The largest absolute Gasteiger partial charge is 0.394 e. The molecule has 7 heteroatoms. The number of hydrogen-bond donors (Lipinski definition) is 4. The van der Waals surface area contributed by atoms with E-state index in [1.54, 1.807) is 6.07 Å². The highest BCUT2D eigenvalue weighted by Crippen LogP contribution is 2.18. The van der Waals surface area contributed by atoms with Crippen LogP contribution in [0, 0.1) is 5.95 Å². The molecule has 1 saturated heterocycles. The van der Waals surface area contributed by atoms with Gasteiger partial charge in [-0.25, -0.2) is 4.98 Å². The van der Waals surface area contributed by atoms with Crippen LogP contribution >= 0.6 is 0 Å². The molecule has 1 fully saturated rings. The zero-order chi connectivity index (χ0) is 13.1. The van der Waals surface area contributed by atoms with Gasteiger partial charge in [-0.2, -0.15) is 4.39 Å². The summed E-state index contributed by atoms with van der Waals surface area (Å²) in [6, 6.07) is 3.61. The molecule has 1 aromatic heterocycles. The number of anilines is 1. The first kappa shape index (κ1) is 13.2. The van der Waals surface area contributed by atoms with Crippen LogP contribution in [-0.2, 0) is 4.74 Å². The molecule has 0 unspecified atom stereocenters. The van der Waals surface area contributed by atoms with E-state index in [4.69, 9.17) is 9.84 Å². The van der Waals surface area contributed by atoms with Crippen molar-refractivity contribution >= 4 is 5.82 Å². The van der Waals surface area contributed by atoms with Crippen molar-refractivity contribution in [3.8, 4) is 0 Å². The summed E-state index contributed by atoms with van der Waals surface area (Å²) >= 11 is 0. The quantitative estimate of drug-likeness (QED) is 0.526. The highest BCUT2D eigenvalue weighted by atomic mass is 19.1. The summed E-state index contributed by atoms with van der Waals surface area (Å²) in [7, 11) is 0. The molecular weight excluding hydrogens is 243 g/mol. The van der Waals surface area contributed by atoms with Gasteiger partial charge in [-0.1, -0.05) is 6.07 Å². The second kappa shape index (κ2) is 5.57. The third kappa shape index (κ3) is 2.75. The topological polar surface area (TPSA) is 94.8 Å². The van der Waals surface area contributed by atoms with E-state index in [-0.39, 0.29) is 19.0 Å². The first-order valence-electron chi connectivity index (χ1n) is 5.59. The molecule has 0 radical (unpaired) electrons. The number of nitrogens with zero attached hydrogens (tertiary/aromatic N) is 1. The lowest BCUT2D eigenvalue weighted by atomic mass is 9.98. The van der Waals surface area contributed by atoms with E-state index in [1.807, 2.05) is 0 Å². The van der Waals surface area contributed by atoms with Crippen molar-refractivity contribution in [1.29, 1.82) is 0 Å². The number of pyridine rings is 1. The van der Waals surface area contributed by atoms with E-state index in [0.29, 0.717) is 0 Å². The van der Waals surface area contributed by atoms with Gasteiger partial charge in [0.05, 0.1) is 19.3 Å². The van der Waals surface area contributed by atoms with Crippen LogP contribution in [0.3, 0.4) is 0 Å². The number of nitrogens with one attached hydrogen (secondary N) is 1. The molecule has 6 nitrogen and oxygen atoms in total. The highest BCUT2D eigenvalue weighted by molar-refractivity contribution is 5.35. The summed E-state index contributed by atoms with van der Waals surface area (Å²) in [5.41, 5.74) is 0. The predicted molar refractivity (Wildman–Crippen MR) is 60.4 cm³/mol. The Hall–Kier alpha value is -1.28. The maximum Gasteiger partial charge on any atom is 0.214 e. The summed E-state index contributed by atoms with van der Waals surface area (Å²) in [5.74, 6) is -0.391. The molecule has 0 spiro atoms. The van der Waals surface area contributed by atoms with Crippen LogP contribution in [0.15, 0.2) is 18.2 Å². The van der Waals surface area contributed by atoms with E-state index in [2.05, 4.69) is 10.3 Å². The molecule has 0 amide bonds. The summed E-state index contributed by atoms with van der Waals surface area (Å²) in [6.07, 6.45) is -3.13. The van der Waals surface area contributed by atoms with E-state index >= 15 is 0 Å². The van der Waals surface area contributed by atoms with Gasteiger partial charge in [0.25, 0.3) is 0 Å². The second-order valence-electron chi connectivity index (χ2n) is 4.13. The molecule has 2 heterocycles. The Bertz CT molecular complexity index is 406. The third-order valence-electron chi connectivity index (χ3n) is 2.86. The minimum absolute atomic E-state index is 0.0850. The SMILES string of the molecule is OC[C@H]1OC[C@H](Nc2cccc(F)n2)[C@@H](O)[C@H]1O. The van der Waals surface area contributed by atoms with E-state index in [0.717, 1.165) is 0 Å². The van der Waals surface area contributed by atoms with Crippen LogP contribution in [0.5, 0.6) is 0 Å². The number of hydrogen-bond acceptors (Lipinski definition) is 6. The van der Waals surface area contributed by atoms with Gasteiger partial charge in [0.2, 0.25) is 5.95 Å². The van der Waals surface area contributed by atoms with Crippen LogP contribution in [0.4, 0.5) is 10.2 Å². The minimum atomic E-state index is -1.20. The zero-order valence-corrected chi connectivity index (χ0v) is 9.53. The van der Waals surface area contributed by atoms with Crippen molar-refractivity contribution < 1.29 is 24.4 Å². The lowest BCUT2D eigenvalue weighted by molar-refractivity contribution is -0.152. The molecule has 0 bridgehead atoms. The van der Waals surface area contributed by atoms with E-state index < -0.39 is 30.3 Å². The van der Waals surface area contributed by atoms with Crippen molar-refractivity contribution in [1.82, 2.24) is 4.98 Å². The molecule has 0 aromatic carbocycles. The smallest absolute Gasteiger partial charge is 0.214 e. The van der Waals surface area contributed by atoms with Crippen molar-refractivity contribution in [2.45, 2.75) is 24.4 Å². The zero-order valence-electron chi connectivity index (χ0n) is 9.53. The Labute approximate surface area is 103 Å². The van der Waals surface area contributed by atoms with Crippen molar-refractivity contribution in [3.05, 3.63) is 24.1 Å². The molecule has 2 rings (SSSR count). The van der Waals surface area contributed by atoms with Gasteiger partial charge >= 0.3 is 0 Å². The molecule has 100 valence electrons. The number of halogens is 1. The number of aliphatic hydroxyl groups is 3. The van der Waals surface area contributed by atoms with E-state index in [1.165, 1.54) is 12.1 Å². The number of ether oxygens (including phenoxy) is 1. The van der Waals surface area contributed by atoms with Gasteiger partial charge in [0.1, 0.15) is 24.1 Å². The summed E-state index contributed by atoms with van der Waals surface area (Å²) in [5, 5.41) is 31.2. The third-order valence-corrected chi connectivity index (χ3v) is 2.86. The Morgan fingerprint density at radius 2 is 2.17 bits per heavy atom. The van der Waals surface area contributed by atoms with Gasteiger partial charge in [-0.15, -0.1) is 0 Å². The molecule has 4 N–H and O–H groups in total. The molecule has 1 aliphatic heterocycles. The maximum atomic E-state index is 12.9. The van der Waals surface area contributed by atoms with Gasteiger partial charge in [0.15, 0.2) is 0 Å². The standard InChI is InChI=1S/C11H15FN2O4/c12-8-2-1-3-9(14-8)13-6-5-18-7(4-15)11(17)10(6)16/h1-3,6-7,10-11,15-17H,4-5H2,(H,13,14)/t6-,7+,10+,11-/m0/s1. The summed E-state index contributed by atoms with van der Waals surface area (Å²) in [4.78, 5) is 3.59. The summed E-state index contributed by atoms with van der Waals surface area (Å²) in [6.45, 7) is -0.287. The molecule has 0 saturated carbocycles. The lowest BCUT2D eigenvalue weighted by Crippen LogP contribution is -2.56. The lowest BCUT2D eigenvalue weighted by Gasteiger charge is -2.37. The Morgan fingerprint density at radius 1 is 1.39 bits per heavy atom. The van der Waals surface area contributed by atoms with Gasteiger partial charge in [-0.3, -0.25) is 0 Å². The first-order valence-corrected chi connectivity index (χ1v) is 5.59. The predicted octanol–water partition coefficient (Wildman–Crippen LogP) is -0.886. The Kier molecular flexibility index (Phi) is 4.07. The fourth-order valence-electron chi connectivity index (χ4n) is 1.85. The van der Waals surface area contributed by atoms with Crippen LogP contribution in [0.25, 0.3) is 0 Å². The van der Waals surface area contributed by atoms with Crippen LogP contribution < -0.4 is 5.32 Å². The second-order valence-corrected chi connectivity index (χ2v) is 4.13. The average Bonchev–Trinajstić information content (AvgIpc) is 2.35. The van der Waals surface area contributed by atoms with Crippen LogP contribution in [-0.4, -0.2) is 57.9 Å². The normalized spacial score (nSPS) is 32.2. The first-order chi connectivity index (χ1) is 8.61. The summed E-state index contributed by atoms with van der Waals surface area (Å²) < 4.78 is 18.1. The molecular formula is C11H15FN2O4. The monoisotopic (exact) mass is 258 g/mol. The molecule has 18 heavy (non-hydrogen) atoms. The fourth-order valence-corrected chi connectivity index (χ4v) is 1.85. The van der Waals surface area contributed by atoms with E-state index in [9.17, 15) is 14.6 Å². The van der Waals surface area contributed by atoms with Gasteiger partial charge < -0.3 is 25.4 Å². The van der Waals surface area contributed by atoms with Crippen LogP contribution in [0.1, 0.15) is 0 Å². The number of aromatic nitrogens is 1. The molecule has 4 atom stereocenters. The average molecular weight is 258 g/mol. The molecule has 0 aliphatic carbocycles. The van der Waals surface area contributed by atoms with Crippen LogP contribution in [0.2, 0.25) is 0 Å². The van der Waals surface area contributed by atoms with Crippen molar-refractivity contribution in [2.75, 3.05) is 18.5 Å². The Balaban J connectivity index is 2.02. The van der Waals surface area contributed by atoms with Crippen molar-refractivity contribution in [3.63, 3.8) is 0 Å². The van der Waals surface area contributed by atoms with Gasteiger partial charge in [0, 0.05) is 0 Å².